The number of carbonyl (C=O) groups excluding carboxylic acids is 2. The number of rotatable bonds is 4. The Morgan fingerprint density at radius 2 is 1.71 bits per heavy atom. The summed E-state index contributed by atoms with van der Waals surface area (Å²) in [6.07, 6.45) is 6.84. The number of carbonyl (C=O) groups is 2. The Morgan fingerprint density at radius 3 is 2.33 bits per heavy atom. The summed E-state index contributed by atoms with van der Waals surface area (Å²) in [7, 11) is 0. The summed E-state index contributed by atoms with van der Waals surface area (Å²) in [5.74, 6) is 2.45. The highest BCUT2D eigenvalue weighted by Gasteiger charge is 2.29. The second-order valence-corrected chi connectivity index (χ2v) is 7.05. The van der Waals surface area contributed by atoms with Crippen molar-refractivity contribution >= 4 is 11.8 Å². The van der Waals surface area contributed by atoms with E-state index in [2.05, 4.69) is 0 Å². The molecule has 24 heavy (non-hydrogen) atoms. The van der Waals surface area contributed by atoms with Crippen LogP contribution in [0.25, 0.3) is 0 Å². The molecule has 2 amide bonds. The van der Waals surface area contributed by atoms with Crippen molar-refractivity contribution < 1.29 is 14.0 Å². The Morgan fingerprint density at radius 1 is 1.04 bits per heavy atom. The van der Waals surface area contributed by atoms with Crippen LogP contribution in [0, 0.1) is 12.8 Å². The van der Waals surface area contributed by atoms with Crippen LogP contribution in [0.5, 0.6) is 0 Å². The van der Waals surface area contributed by atoms with Gasteiger partial charge >= 0.3 is 0 Å². The molecule has 3 rings (SSSR count). The van der Waals surface area contributed by atoms with E-state index in [0.717, 1.165) is 24.4 Å². The third-order valence-corrected chi connectivity index (χ3v) is 5.28. The molecule has 1 aromatic rings. The van der Waals surface area contributed by atoms with E-state index in [-0.39, 0.29) is 11.8 Å². The molecule has 0 radical (unpaired) electrons. The molecule has 1 saturated carbocycles. The van der Waals surface area contributed by atoms with Gasteiger partial charge in [-0.05, 0) is 31.9 Å². The standard InChI is InChI=1S/C19H28N2O3/c1-15-7-8-17(24-15)9-10-18(22)20-11-13-21(14-12-20)19(23)16-5-3-2-4-6-16/h7-8,16H,2-6,9-14H2,1H3. The SMILES string of the molecule is Cc1ccc(CCC(=O)N2CCN(C(=O)C3CCCCC3)CC2)o1. The van der Waals surface area contributed by atoms with Crippen LogP contribution in [0.15, 0.2) is 16.5 Å². The molecular weight excluding hydrogens is 304 g/mol. The number of aryl methyl sites for hydroxylation is 2. The summed E-state index contributed by atoms with van der Waals surface area (Å²) in [6, 6.07) is 3.86. The first-order chi connectivity index (χ1) is 11.6. The Bertz CT molecular complexity index is 567. The number of hydrogen-bond donors (Lipinski definition) is 0. The molecule has 0 N–H and O–H groups in total. The zero-order chi connectivity index (χ0) is 16.9. The van der Waals surface area contributed by atoms with Gasteiger partial charge in [0.15, 0.2) is 0 Å². The van der Waals surface area contributed by atoms with E-state index >= 15 is 0 Å². The number of furan rings is 1. The third kappa shape index (κ3) is 4.19. The molecule has 2 fully saturated rings. The maximum atomic E-state index is 12.6. The van der Waals surface area contributed by atoms with E-state index in [1.54, 1.807) is 0 Å². The average molecular weight is 332 g/mol. The highest BCUT2D eigenvalue weighted by molar-refractivity contribution is 5.80. The van der Waals surface area contributed by atoms with Crippen molar-refractivity contribution in [1.29, 1.82) is 0 Å². The van der Waals surface area contributed by atoms with Gasteiger partial charge in [0, 0.05) is 44.9 Å². The van der Waals surface area contributed by atoms with Gasteiger partial charge in [-0.15, -0.1) is 0 Å². The molecule has 132 valence electrons. The fraction of sp³-hybridized carbons (Fsp3) is 0.684. The van der Waals surface area contributed by atoms with Gasteiger partial charge in [0.1, 0.15) is 11.5 Å². The monoisotopic (exact) mass is 332 g/mol. The minimum atomic E-state index is 0.161. The highest BCUT2D eigenvalue weighted by Crippen LogP contribution is 2.25. The van der Waals surface area contributed by atoms with Crippen LogP contribution in [-0.2, 0) is 16.0 Å². The Hall–Kier alpha value is -1.78. The number of nitrogens with zero attached hydrogens (tertiary/aromatic N) is 2. The first-order valence-electron chi connectivity index (χ1n) is 9.25. The predicted octanol–water partition coefficient (Wildman–Crippen LogP) is 2.77. The lowest BCUT2D eigenvalue weighted by Crippen LogP contribution is -2.52. The molecule has 0 aromatic carbocycles. The molecule has 0 atom stereocenters. The molecule has 1 aliphatic carbocycles. The van der Waals surface area contributed by atoms with E-state index in [0.29, 0.717) is 44.9 Å². The number of amides is 2. The molecule has 5 nitrogen and oxygen atoms in total. The van der Waals surface area contributed by atoms with Crippen molar-refractivity contribution in [3.05, 3.63) is 23.7 Å². The Labute approximate surface area is 144 Å². The van der Waals surface area contributed by atoms with Gasteiger partial charge < -0.3 is 14.2 Å². The molecule has 1 aromatic heterocycles. The van der Waals surface area contributed by atoms with Crippen LogP contribution in [0.2, 0.25) is 0 Å². The van der Waals surface area contributed by atoms with Gasteiger partial charge in [0.25, 0.3) is 0 Å². The predicted molar refractivity (Wildman–Crippen MR) is 91.5 cm³/mol. The van der Waals surface area contributed by atoms with Gasteiger partial charge in [-0.3, -0.25) is 9.59 Å². The van der Waals surface area contributed by atoms with Crippen molar-refractivity contribution in [2.24, 2.45) is 5.92 Å². The van der Waals surface area contributed by atoms with Crippen LogP contribution in [0.3, 0.4) is 0 Å². The molecule has 5 heteroatoms. The minimum absolute atomic E-state index is 0.161. The van der Waals surface area contributed by atoms with E-state index in [1.807, 2.05) is 28.9 Å². The molecule has 0 bridgehead atoms. The van der Waals surface area contributed by atoms with Crippen LogP contribution >= 0.6 is 0 Å². The minimum Gasteiger partial charge on any atom is -0.466 e. The normalized spacial score (nSPS) is 19.5. The highest BCUT2D eigenvalue weighted by atomic mass is 16.3. The van der Waals surface area contributed by atoms with Crippen LogP contribution in [0.1, 0.15) is 50.0 Å². The molecule has 0 spiro atoms. The van der Waals surface area contributed by atoms with Crippen LogP contribution in [-0.4, -0.2) is 47.8 Å². The fourth-order valence-corrected chi connectivity index (χ4v) is 3.79. The molecule has 2 aliphatic rings. The van der Waals surface area contributed by atoms with Gasteiger partial charge in [-0.1, -0.05) is 19.3 Å². The zero-order valence-electron chi connectivity index (χ0n) is 14.6. The molecule has 0 unspecified atom stereocenters. The van der Waals surface area contributed by atoms with Crippen molar-refractivity contribution in [2.75, 3.05) is 26.2 Å². The summed E-state index contributed by atoms with van der Waals surface area (Å²) in [5.41, 5.74) is 0. The van der Waals surface area contributed by atoms with Crippen molar-refractivity contribution in [2.45, 2.75) is 51.9 Å². The van der Waals surface area contributed by atoms with E-state index in [4.69, 9.17) is 4.42 Å². The topological polar surface area (TPSA) is 53.8 Å². The zero-order valence-corrected chi connectivity index (χ0v) is 14.6. The van der Waals surface area contributed by atoms with Crippen molar-refractivity contribution in [1.82, 2.24) is 9.80 Å². The summed E-state index contributed by atoms with van der Waals surface area (Å²) in [4.78, 5) is 28.7. The van der Waals surface area contributed by atoms with Gasteiger partial charge in [-0.2, -0.15) is 0 Å². The molecule has 2 heterocycles. The van der Waals surface area contributed by atoms with E-state index < -0.39 is 0 Å². The Balaban J connectivity index is 1.42. The lowest BCUT2D eigenvalue weighted by atomic mass is 9.88. The van der Waals surface area contributed by atoms with E-state index in [9.17, 15) is 9.59 Å². The van der Waals surface area contributed by atoms with Gasteiger partial charge in [0.2, 0.25) is 11.8 Å². The largest absolute Gasteiger partial charge is 0.466 e. The van der Waals surface area contributed by atoms with Gasteiger partial charge in [-0.25, -0.2) is 0 Å². The van der Waals surface area contributed by atoms with Crippen molar-refractivity contribution in [3.63, 3.8) is 0 Å². The maximum absolute atomic E-state index is 12.6. The Kier molecular flexibility index (Phi) is 5.59. The van der Waals surface area contributed by atoms with Crippen LogP contribution < -0.4 is 0 Å². The molecule has 1 saturated heterocycles. The number of piperazine rings is 1. The summed E-state index contributed by atoms with van der Waals surface area (Å²) >= 11 is 0. The second-order valence-electron chi connectivity index (χ2n) is 7.05. The third-order valence-electron chi connectivity index (χ3n) is 5.28. The average Bonchev–Trinajstić information content (AvgIpc) is 3.05. The van der Waals surface area contributed by atoms with Gasteiger partial charge in [0.05, 0.1) is 0 Å². The summed E-state index contributed by atoms with van der Waals surface area (Å²) in [6.45, 7) is 4.60. The summed E-state index contributed by atoms with van der Waals surface area (Å²) in [5, 5.41) is 0. The van der Waals surface area contributed by atoms with Crippen molar-refractivity contribution in [3.8, 4) is 0 Å². The molecular formula is C19H28N2O3. The van der Waals surface area contributed by atoms with Crippen LogP contribution in [0.4, 0.5) is 0 Å². The first kappa shape index (κ1) is 17.1. The number of hydrogen-bond acceptors (Lipinski definition) is 3. The maximum Gasteiger partial charge on any atom is 0.225 e. The quantitative estimate of drug-likeness (QED) is 0.852. The first-order valence-corrected chi connectivity index (χ1v) is 9.25. The lowest BCUT2D eigenvalue weighted by molar-refractivity contribution is -0.142. The van der Waals surface area contributed by atoms with E-state index in [1.165, 1.54) is 19.3 Å². The fourth-order valence-electron chi connectivity index (χ4n) is 3.79. The smallest absolute Gasteiger partial charge is 0.225 e. The second kappa shape index (κ2) is 7.86. The molecule has 1 aliphatic heterocycles. The lowest BCUT2D eigenvalue weighted by Gasteiger charge is -2.37. The summed E-state index contributed by atoms with van der Waals surface area (Å²) < 4.78 is 5.51.